The van der Waals surface area contributed by atoms with Crippen LogP contribution in [0.2, 0.25) is 0 Å². The van der Waals surface area contributed by atoms with Crippen molar-refractivity contribution >= 4 is 16.0 Å². The molecule has 16 heavy (non-hydrogen) atoms. The topological polar surface area (TPSA) is 110 Å². The standard InChI is InChI=1S/C8H12N2O5S/c1-5-3-7(9-15-5)4-16(13,14)10-6(2)8(11)12/h3,6,10H,4H2,1-2H3,(H,11,12). The van der Waals surface area contributed by atoms with E-state index in [0.29, 0.717) is 5.76 Å². The Balaban J connectivity index is 2.69. The summed E-state index contributed by atoms with van der Waals surface area (Å²) in [5.74, 6) is -1.14. The highest BCUT2D eigenvalue weighted by atomic mass is 32.2. The van der Waals surface area contributed by atoms with Crippen LogP contribution in [-0.2, 0) is 20.6 Å². The summed E-state index contributed by atoms with van der Waals surface area (Å²) in [6, 6.07) is 0.308. The summed E-state index contributed by atoms with van der Waals surface area (Å²) in [6.07, 6.45) is 0. The SMILES string of the molecule is Cc1cc(CS(=O)(=O)NC(C)C(=O)O)no1. The van der Waals surface area contributed by atoms with Gasteiger partial charge in [-0.3, -0.25) is 4.79 Å². The lowest BCUT2D eigenvalue weighted by Crippen LogP contribution is -2.38. The molecule has 1 unspecified atom stereocenters. The minimum absolute atomic E-state index is 0.239. The van der Waals surface area contributed by atoms with Crippen LogP contribution in [0.5, 0.6) is 0 Å². The number of aliphatic carboxylic acids is 1. The first-order valence-electron chi connectivity index (χ1n) is 4.45. The van der Waals surface area contributed by atoms with Crippen molar-refractivity contribution in [2.75, 3.05) is 0 Å². The van der Waals surface area contributed by atoms with Gasteiger partial charge in [-0.05, 0) is 13.8 Å². The summed E-state index contributed by atoms with van der Waals surface area (Å²) in [5, 5.41) is 12.1. The quantitative estimate of drug-likeness (QED) is 0.751. The fraction of sp³-hybridized carbons (Fsp3) is 0.500. The molecule has 1 heterocycles. The van der Waals surface area contributed by atoms with Gasteiger partial charge in [0.05, 0.1) is 0 Å². The molecule has 1 rings (SSSR count). The van der Waals surface area contributed by atoms with Crippen LogP contribution in [-0.4, -0.2) is 30.7 Å². The van der Waals surface area contributed by atoms with Gasteiger partial charge >= 0.3 is 5.97 Å². The van der Waals surface area contributed by atoms with Crippen molar-refractivity contribution in [2.24, 2.45) is 0 Å². The van der Waals surface area contributed by atoms with Gasteiger partial charge in [-0.1, -0.05) is 5.16 Å². The number of aryl methyl sites for hydroxylation is 1. The first kappa shape index (κ1) is 12.7. The van der Waals surface area contributed by atoms with E-state index in [-0.39, 0.29) is 5.69 Å². The smallest absolute Gasteiger partial charge is 0.321 e. The van der Waals surface area contributed by atoms with E-state index in [0.717, 1.165) is 0 Å². The summed E-state index contributed by atoms with van der Waals surface area (Å²) in [7, 11) is -3.72. The molecule has 8 heteroatoms. The highest BCUT2D eigenvalue weighted by Crippen LogP contribution is 2.06. The summed E-state index contributed by atoms with van der Waals surface area (Å²) >= 11 is 0. The number of hydrogen-bond acceptors (Lipinski definition) is 5. The van der Waals surface area contributed by atoms with E-state index in [1.54, 1.807) is 6.92 Å². The zero-order valence-corrected chi connectivity index (χ0v) is 9.61. The molecule has 1 aromatic heterocycles. The fourth-order valence-corrected chi connectivity index (χ4v) is 2.29. The molecular weight excluding hydrogens is 236 g/mol. The van der Waals surface area contributed by atoms with Gasteiger partial charge in [0.2, 0.25) is 10.0 Å². The normalized spacial score (nSPS) is 13.6. The molecule has 0 radical (unpaired) electrons. The number of hydrogen-bond donors (Lipinski definition) is 2. The number of nitrogens with one attached hydrogen (secondary N) is 1. The van der Waals surface area contributed by atoms with Crippen LogP contribution in [0.1, 0.15) is 18.4 Å². The van der Waals surface area contributed by atoms with E-state index in [2.05, 4.69) is 5.16 Å². The van der Waals surface area contributed by atoms with Crippen molar-refractivity contribution in [1.29, 1.82) is 0 Å². The Bertz CT molecular complexity index is 478. The summed E-state index contributed by atoms with van der Waals surface area (Å²) in [6.45, 7) is 2.88. The van der Waals surface area contributed by atoms with E-state index in [1.807, 2.05) is 4.72 Å². The number of carboxylic acid groups (broad SMARTS) is 1. The zero-order valence-electron chi connectivity index (χ0n) is 8.80. The predicted octanol–water partition coefficient (Wildman–Crippen LogP) is -0.124. The van der Waals surface area contributed by atoms with Crippen LogP contribution in [0.4, 0.5) is 0 Å². The summed E-state index contributed by atoms with van der Waals surface area (Å²) in [5.41, 5.74) is 0.239. The maximum absolute atomic E-state index is 11.5. The van der Waals surface area contributed by atoms with Gasteiger partial charge in [0.15, 0.2) is 0 Å². The van der Waals surface area contributed by atoms with E-state index in [4.69, 9.17) is 9.63 Å². The van der Waals surface area contributed by atoms with Gasteiger partial charge in [-0.2, -0.15) is 0 Å². The van der Waals surface area contributed by atoms with E-state index in [1.165, 1.54) is 13.0 Å². The molecule has 1 aromatic rings. The monoisotopic (exact) mass is 248 g/mol. The molecule has 0 aliphatic carbocycles. The van der Waals surface area contributed by atoms with Crippen LogP contribution < -0.4 is 4.72 Å². The molecular formula is C8H12N2O5S. The third kappa shape index (κ3) is 3.63. The van der Waals surface area contributed by atoms with Crippen molar-refractivity contribution in [3.63, 3.8) is 0 Å². The third-order valence-corrected chi connectivity index (χ3v) is 3.13. The molecule has 0 bridgehead atoms. The Labute approximate surface area is 92.5 Å². The predicted molar refractivity (Wildman–Crippen MR) is 54.1 cm³/mol. The largest absolute Gasteiger partial charge is 0.480 e. The Morgan fingerprint density at radius 2 is 2.31 bits per heavy atom. The van der Waals surface area contributed by atoms with Crippen LogP contribution in [0.15, 0.2) is 10.6 Å². The molecule has 0 aliphatic rings. The average Bonchev–Trinajstić information content (AvgIpc) is 2.48. The molecule has 0 aromatic carbocycles. The highest BCUT2D eigenvalue weighted by Gasteiger charge is 2.21. The number of nitrogens with zero attached hydrogens (tertiary/aromatic N) is 1. The molecule has 0 fully saturated rings. The maximum atomic E-state index is 11.5. The zero-order chi connectivity index (χ0) is 12.3. The van der Waals surface area contributed by atoms with E-state index in [9.17, 15) is 13.2 Å². The van der Waals surface area contributed by atoms with Gasteiger partial charge in [0, 0.05) is 6.07 Å². The van der Waals surface area contributed by atoms with Crippen molar-refractivity contribution in [2.45, 2.75) is 25.6 Å². The van der Waals surface area contributed by atoms with Gasteiger partial charge in [-0.25, -0.2) is 13.1 Å². The van der Waals surface area contributed by atoms with Gasteiger partial charge < -0.3 is 9.63 Å². The number of carboxylic acids is 1. The second kappa shape index (κ2) is 4.62. The van der Waals surface area contributed by atoms with E-state index < -0.39 is 27.8 Å². The van der Waals surface area contributed by atoms with Crippen LogP contribution >= 0.6 is 0 Å². The minimum Gasteiger partial charge on any atom is -0.480 e. The summed E-state index contributed by atoms with van der Waals surface area (Å²) in [4.78, 5) is 10.5. The van der Waals surface area contributed by atoms with Crippen molar-refractivity contribution in [3.8, 4) is 0 Å². The number of sulfonamides is 1. The van der Waals surface area contributed by atoms with Gasteiger partial charge in [0.25, 0.3) is 0 Å². The molecule has 0 amide bonds. The molecule has 1 atom stereocenters. The third-order valence-electron chi connectivity index (χ3n) is 1.74. The maximum Gasteiger partial charge on any atom is 0.321 e. The molecule has 2 N–H and O–H groups in total. The van der Waals surface area contributed by atoms with Crippen molar-refractivity contribution in [3.05, 3.63) is 17.5 Å². The molecule has 0 saturated heterocycles. The first-order valence-corrected chi connectivity index (χ1v) is 6.10. The number of rotatable bonds is 5. The van der Waals surface area contributed by atoms with Crippen molar-refractivity contribution in [1.82, 2.24) is 9.88 Å². The lowest BCUT2D eigenvalue weighted by Gasteiger charge is -2.08. The Kier molecular flexibility index (Phi) is 3.66. The number of carbonyl (C=O) groups is 1. The van der Waals surface area contributed by atoms with Crippen LogP contribution in [0, 0.1) is 6.92 Å². The molecule has 0 spiro atoms. The molecule has 0 aliphatic heterocycles. The number of aromatic nitrogens is 1. The molecule has 7 nitrogen and oxygen atoms in total. The molecule has 0 saturated carbocycles. The van der Waals surface area contributed by atoms with Crippen LogP contribution in [0.25, 0.3) is 0 Å². The second-order valence-electron chi connectivity index (χ2n) is 3.37. The van der Waals surface area contributed by atoms with Crippen molar-refractivity contribution < 1.29 is 22.8 Å². The first-order chi connectivity index (χ1) is 7.30. The average molecular weight is 248 g/mol. The Morgan fingerprint density at radius 3 is 2.75 bits per heavy atom. The highest BCUT2D eigenvalue weighted by molar-refractivity contribution is 7.88. The summed E-state index contributed by atoms with van der Waals surface area (Å²) < 4.78 is 29.6. The van der Waals surface area contributed by atoms with Gasteiger partial charge in [0.1, 0.15) is 23.2 Å². The minimum atomic E-state index is -3.72. The second-order valence-corrected chi connectivity index (χ2v) is 5.12. The molecule has 90 valence electrons. The Morgan fingerprint density at radius 1 is 1.69 bits per heavy atom. The van der Waals surface area contributed by atoms with Gasteiger partial charge in [-0.15, -0.1) is 0 Å². The fourth-order valence-electron chi connectivity index (χ4n) is 1.04. The lowest BCUT2D eigenvalue weighted by molar-refractivity contribution is -0.138. The van der Waals surface area contributed by atoms with Crippen LogP contribution in [0.3, 0.4) is 0 Å². The van der Waals surface area contributed by atoms with E-state index >= 15 is 0 Å². The Hall–Kier alpha value is -1.41. The lowest BCUT2D eigenvalue weighted by atomic mass is 10.4.